The first kappa shape index (κ1) is 23.2. The number of unbranched alkanes of at least 4 members (excludes halogenated alkanes) is 9. The molecule has 0 bridgehead atoms. The molecule has 154 valence electrons. The average molecular weight is 386 g/mol. The highest BCUT2D eigenvalue weighted by atomic mass is 19.2. The minimum absolute atomic E-state index is 0.0411. The van der Waals surface area contributed by atoms with E-state index >= 15 is 0 Å². The number of aliphatic carboxylic acids is 1. The summed E-state index contributed by atoms with van der Waals surface area (Å²) in [6.07, 6.45) is -3.19. The van der Waals surface area contributed by atoms with E-state index in [1.165, 1.54) is 0 Å². The lowest BCUT2D eigenvalue weighted by Crippen LogP contribution is -2.53. The van der Waals surface area contributed by atoms with Crippen molar-refractivity contribution < 1.29 is 31.9 Å². The van der Waals surface area contributed by atoms with Gasteiger partial charge in [-0.2, -0.15) is 0 Å². The van der Waals surface area contributed by atoms with Crippen molar-refractivity contribution >= 4 is 5.97 Å². The highest BCUT2D eigenvalue weighted by Crippen LogP contribution is 2.38. The molecule has 1 fully saturated rings. The van der Waals surface area contributed by atoms with Crippen LogP contribution in [0.15, 0.2) is 0 Å². The molecular weight excluding hydrogens is 355 g/mol. The maximum atomic E-state index is 13.7. The van der Waals surface area contributed by atoms with Crippen LogP contribution >= 0.6 is 0 Å². The molecule has 1 rings (SSSR count). The van der Waals surface area contributed by atoms with Crippen LogP contribution in [-0.4, -0.2) is 41.9 Å². The van der Waals surface area contributed by atoms with Crippen molar-refractivity contribution in [3.63, 3.8) is 0 Å². The minimum atomic E-state index is -2.71. The van der Waals surface area contributed by atoms with Crippen LogP contribution in [0.1, 0.15) is 77.0 Å². The Morgan fingerprint density at radius 1 is 0.577 bits per heavy atom. The summed E-state index contributed by atoms with van der Waals surface area (Å²) in [6.45, 7) is 0. The summed E-state index contributed by atoms with van der Waals surface area (Å²) in [5.74, 6) is -2.15. The highest BCUT2D eigenvalue weighted by Gasteiger charge is 2.52. The van der Waals surface area contributed by atoms with Gasteiger partial charge in [0, 0.05) is 12.3 Å². The number of carbonyl (C=O) groups is 1. The molecule has 0 radical (unpaired) electrons. The molecule has 0 amide bonds. The van der Waals surface area contributed by atoms with Gasteiger partial charge in [0.05, 0.1) is 0 Å². The second kappa shape index (κ2) is 12.5. The number of alkyl halides is 5. The third kappa shape index (κ3) is 7.78. The van der Waals surface area contributed by atoms with Crippen LogP contribution in [0, 0.1) is 5.92 Å². The maximum Gasteiger partial charge on any atom is 0.303 e. The third-order valence-corrected chi connectivity index (χ3v) is 5.21. The first-order valence-electron chi connectivity index (χ1n) is 9.78. The summed E-state index contributed by atoms with van der Waals surface area (Å²) in [4.78, 5) is 10.3. The van der Waals surface area contributed by atoms with Gasteiger partial charge in [0.2, 0.25) is 0 Å². The molecular formula is C19H31F5O2. The van der Waals surface area contributed by atoms with E-state index < -0.39 is 42.7 Å². The number of rotatable bonds is 13. The van der Waals surface area contributed by atoms with Gasteiger partial charge in [-0.1, -0.05) is 57.8 Å². The summed E-state index contributed by atoms with van der Waals surface area (Å²) in [6, 6.07) is 0. The summed E-state index contributed by atoms with van der Waals surface area (Å²) < 4.78 is 67.1. The zero-order chi connectivity index (χ0) is 19.5. The Bertz CT molecular complexity index is 380. The molecule has 7 heteroatoms. The standard InChI is InChI=1S/C19H31F5O2/c20-15-13(16(21)18(23)19(24)17(15)22)11-9-7-5-3-1-2-4-6-8-10-12-14(25)26/h13,15-19H,1-12H2,(H,25,26)/t13?,15-,16+,17-,18+,19?. The zero-order valence-electron chi connectivity index (χ0n) is 15.2. The molecule has 1 aliphatic rings. The molecule has 0 spiro atoms. The van der Waals surface area contributed by atoms with Gasteiger partial charge in [0.15, 0.2) is 18.5 Å². The van der Waals surface area contributed by atoms with Crippen molar-refractivity contribution in [1.29, 1.82) is 0 Å². The maximum absolute atomic E-state index is 13.7. The molecule has 0 aliphatic heterocycles. The Kier molecular flexibility index (Phi) is 11.1. The van der Waals surface area contributed by atoms with E-state index in [4.69, 9.17) is 5.11 Å². The molecule has 1 aliphatic carbocycles. The van der Waals surface area contributed by atoms with Gasteiger partial charge in [-0.25, -0.2) is 22.0 Å². The lowest BCUT2D eigenvalue weighted by Gasteiger charge is -2.36. The Balaban J connectivity index is 2.01. The monoisotopic (exact) mass is 386 g/mol. The van der Waals surface area contributed by atoms with E-state index in [1.54, 1.807) is 0 Å². The number of hydrogen-bond donors (Lipinski definition) is 1. The van der Waals surface area contributed by atoms with Crippen LogP contribution < -0.4 is 0 Å². The van der Waals surface area contributed by atoms with Crippen molar-refractivity contribution in [2.24, 2.45) is 5.92 Å². The lowest BCUT2D eigenvalue weighted by molar-refractivity contribution is -0.137. The van der Waals surface area contributed by atoms with Crippen LogP contribution in [0.4, 0.5) is 22.0 Å². The normalized spacial score (nSPS) is 31.9. The molecule has 26 heavy (non-hydrogen) atoms. The molecule has 0 aromatic carbocycles. The summed E-state index contributed by atoms with van der Waals surface area (Å²) in [7, 11) is 0. The first-order valence-corrected chi connectivity index (χ1v) is 9.78. The molecule has 0 aromatic rings. The van der Waals surface area contributed by atoms with Gasteiger partial charge >= 0.3 is 5.97 Å². The van der Waals surface area contributed by atoms with Crippen LogP contribution in [0.25, 0.3) is 0 Å². The SMILES string of the molecule is O=C(O)CCCCCCCCCCCCC1[C@@H](F)[C@@H](F)C(F)[C@@H](F)[C@H]1F. The fraction of sp³-hybridized carbons (Fsp3) is 0.947. The largest absolute Gasteiger partial charge is 0.481 e. The van der Waals surface area contributed by atoms with Gasteiger partial charge in [-0.3, -0.25) is 4.79 Å². The summed E-state index contributed by atoms with van der Waals surface area (Å²) in [5.41, 5.74) is 0. The zero-order valence-corrected chi connectivity index (χ0v) is 15.2. The van der Waals surface area contributed by atoms with E-state index in [0.29, 0.717) is 12.8 Å². The van der Waals surface area contributed by atoms with Gasteiger partial charge in [-0.15, -0.1) is 0 Å². The van der Waals surface area contributed by atoms with Crippen molar-refractivity contribution in [2.75, 3.05) is 0 Å². The smallest absolute Gasteiger partial charge is 0.303 e. The Labute approximate surface area is 152 Å². The van der Waals surface area contributed by atoms with Gasteiger partial charge in [-0.05, 0) is 12.8 Å². The van der Waals surface area contributed by atoms with Crippen molar-refractivity contribution in [1.82, 2.24) is 0 Å². The molecule has 1 N–H and O–H groups in total. The van der Waals surface area contributed by atoms with E-state index in [0.717, 1.165) is 51.4 Å². The Morgan fingerprint density at radius 3 is 1.35 bits per heavy atom. The van der Waals surface area contributed by atoms with E-state index in [1.807, 2.05) is 0 Å². The van der Waals surface area contributed by atoms with Crippen LogP contribution in [0.5, 0.6) is 0 Å². The van der Waals surface area contributed by atoms with E-state index in [2.05, 4.69) is 0 Å². The molecule has 0 aromatic heterocycles. The van der Waals surface area contributed by atoms with Crippen LogP contribution in [0.3, 0.4) is 0 Å². The predicted molar refractivity (Wildman–Crippen MR) is 91.0 cm³/mol. The number of carboxylic acids is 1. The molecule has 2 nitrogen and oxygen atoms in total. The van der Waals surface area contributed by atoms with Crippen LogP contribution in [-0.2, 0) is 4.79 Å². The number of carboxylic acid groups (broad SMARTS) is 1. The van der Waals surface area contributed by atoms with Gasteiger partial charge < -0.3 is 5.11 Å². The number of hydrogen-bond acceptors (Lipinski definition) is 1. The van der Waals surface area contributed by atoms with E-state index in [9.17, 15) is 26.7 Å². The molecule has 0 heterocycles. The van der Waals surface area contributed by atoms with Crippen molar-refractivity contribution in [3.8, 4) is 0 Å². The molecule has 2 unspecified atom stereocenters. The Hall–Kier alpha value is -0.880. The second-order valence-electron chi connectivity index (χ2n) is 7.35. The quantitative estimate of drug-likeness (QED) is 0.308. The molecule has 0 saturated heterocycles. The predicted octanol–water partition coefficient (Wildman–Crippen LogP) is 6.07. The summed E-state index contributed by atoms with van der Waals surface area (Å²) in [5, 5.41) is 8.51. The topological polar surface area (TPSA) is 37.3 Å². The van der Waals surface area contributed by atoms with Crippen molar-refractivity contribution in [2.45, 2.75) is 108 Å². The van der Waals surface area contributed by atoms with E-state index in [-0.39, 0.29) is 12.8 Å². The average Bonchev–Trinajstić information content (AvgIpc) is 2.61. The fourth-order valence-electron chi connectivity index (χ4n) is 3.56. The minimum Gasteiger partial charge on any atom is -0.481 e. The van der Waals surface area contributed by atoms with Crippen molar-refractivity contribution in [3.05, 3.63) is 0 Å². The summed E-state index contributed by atoms with van der Waals surface area (Å²) >= 11 is 0. The highest BCUT2D eigenvalue weighted by molar-refractivity contribution is 5.66. The van der Waals surface area contributed by atoms with Crippen LogP contribution in [0.2, 0.25) is 0 Å². The lowest BCUT2D eigenvalue weighted by atomic mass is 9.79. The van der Waals surface area contributed by atoms with Gasteiger partial charge in [0.1, 0.15) is 12.3 Å². The van der Waals surface area contributed by atoms with Gasteiger partial charge in [0.25, 0.3) is 0 Å². The first-order chi connectivity index (χ1) is 12.4. The number of halogens is 5. The molecule has 1 saturated carbocycles. The fourth-order valence-corrected chi connectivity index (χ4v) is 3.56. The third-order valence-electron chi connectivity index (χ3n) is 5.21. The molecule has 6 atom stereocenters. The second-order valence-corrected chi connectivity index (χ2v) is 7.35. The Morgan fingerprint density at radius 2 is 0.923 bits per heavy atom.